The maximum atomic E-state index is 12.2. The van der Waals surface area contributed by atoms with E-state index in [9.17, 15) is 13.2 Å². The summed E-state index contributed by atoms with van der Waals surface area (Å²) in [6.07, 6.45) is 3.54. The Hall–Kier alpha value is -1.11. The van der Waals surface area contributed by atoms with E-state index in [1.165, 1.54) is 12.1 Å². The topological polar surface area (TPSA) is 86.5 Å². The number of hydrogen-bond donors (Lipinski definition) is 1. The average molecular weight is 332 g/mol. The lowest BCUT2D eigenvalue weighted by Gasteiger charge is -2.26. The van der Waals surface area contributed by atoms with Gasteiger partial charge in [0.1, 0.15) is 6.10 Å². The summed E-state index contributed by atoms with van der Waals surface area (Å²) in [4.78, 5) is 12.0. The highest BCUT2D eigenvalue weighted by Gasteiger charge is 2.24. The van der Waals surface area contributed by atoms with Crippen molar-refractivity contribution in [1.29, 1.82) is 0 Å². The van der Waals surface area contributed by atoms with Crippen molar-refractivity contribution >= 4 is 27.6 Å². The molecule has 0 atom stereocenters. The first kappa shape index (κ1) is 16.3. The summed E-state index contributed by atoms with van der Waals surface area (Å²) >= 11 is 5.95. The number of carbonyl (C=O) groups excluding carboxylic acids is 1. The van der Waals surface area contributed by atoms with Crippen molar-refractivity contribution in [2.45, 2.75) is 43.6 Å². The van der Waals surface area contributed by atoms with Crippen LogP contribution in [0.2, 0.25) is 5.02 Å². The first-order chi connectivity index (χ1) is 9.77. The predicted octanol–water partition coefficient (Wildman–Crippen LogP) is 2.72. The van der Waals surface area contributed by atoms with Crippen molar-refractivity contribution in [2.24, 2.45) is 11.1 Å². The van der Waals surface area contributed by atoms with Crippen molar-refractivity contribution in [3.63, 3.8) is 0 Å². The number of primary sulfonamides is 1. The minimum Gasteiger partial charge on any atom is -0.459 e. The molecule has 0 aromatic heterocycles. The van der Waals surface area contributed by atoms with E-state index in [0.29, 0.717) is 5.92 Å². The molecule has 116 valence electrons. The van der Waals surface area contributed by atoms with E-state index in [-0.39, 0.29) is 21.6 Å². The lowest BCUT2D eigenvalue weighted by atomic mass is 9.89. The lowest BCUT2D eigenvalue weighted by molar-refractivity contribution is 0.0173. The maximum Gasteiger partial charge on any atom is 0.339 e. The molecule has 5 nitrogen and oxygen atoms in total. The van der Waals surface area contributed by atoms with Gasteiger partial charge in [0.2, 0.25) is 10.0 Å². The van der Waals surface area contributed by atoms with Crippen molar-refractivity contribution < 1.29 is 17.9 Å². The van der Waals surface area contributed by atoms with E-state index in [0.717, 1.165) is 31.7 Å². The average Bonchev–Trinajstić information content (AvgIpc) is 2.40. The van der Waals surface area contributed by atoms with Crippen molar-refractivity contribution in [1.82, 2.24) is 0 Å². The van der Waals surface area contributed by atoms with Gasteiger partial charge in [-0.15, -0.1) is 0 Å². The summed E-state index contributed by atoms with van der Waals surface area (Å²) < 4.78 is 28.1. The Bertz CT molecular complexity index is 636. The number of esters is 1. The zero-order valence-corrected chi connectivity index (χ0v) is 13.3. The minimum absolute atomic E-state index is 0.0295. The van der Waals surface area contributed by atoms with Crippen LogP contribution in [0.15, 0.2) is 23.1 Å². The molecule has 0 heterocycles. The molecule has 0 amide bonds. The number of ether oxygens (including phenoxy) is 1. The van der Waals surface area contributed by atoms with Crippen LogP contribution in [0.4, 0.5) is 0 Å². The Morgan fingerprint density at radius 1 is 1.29 bits per heavy atom. The molecule has 0 unspecified atom stereocenters. The molecule has 1 aromatic rings. The van der Waals surface area contributed by atoms with Gasteiger partial charge in [-0.05, 0) is 49.8 Å². The molecule has 0 radical (unpaired) electrons. The van der Waals surface area contributed by atoms with Gasteiger partial charge in [-0.25, -0.2) is 18.4 Å². The number of nitrogens with two attached hydrogens (primary N) is 1. The first-order valence-corrected chi connectivity index (χ1v) is 8.73. The fourth-order valence-corrected chi connectivity index (χ4v) is 3.13. The molecule has 1 saturated carbocycles. The van der Waals surface area contributed by atoms with Crippen LogP contribution < -0.4 is 5.14 Å². The van der Waals surface area contributed by atoms with Crippen LogP contribution in [0.1, 0.15) is 43.0 Å². The van der Waals surface area contributed by atoms with Crippen LogP contribution in [-0.2, 0) is 14.8 Å². The Morgan fingerprint density at radius 2 is 1.90 bits per heavy atom. The van der Waals surface area contributed by atoms with E-state index < -0.39 is 16.0 Å². The van der Waals surface area contributed by atoms with E-state index in [1.807, 2.05) is 0 Å². The number of rotatable bonds is 3. The molecule has 0 bridgehead atoms. The lowest BCUT2D eigenvalue weighted by Crippen LogP contribution is -2.24. The molecule has 1 fully saturated rings. The van der Waals surface area contributed by atoms with Gasteiger partial charge in [-0.2, -0.15) is 0 Å². The van der Waals surface area contributed by atoms with Gasteiger partial charge in [-0.3, -0.25) is 0 Å². The van der Waals surface area contributed by atoms with Crippen molar-refractivity contribution in [3.8, 4) is 0 Å². The van der Waals surface area contributed by atoms with Gasteiger partial charge >= 0.3 is 5.97 Å². The summed E-state index contributed by atoms with van der Waals surface area (Å²) in [5.74, 6) is 0.0410. The molecular weight excluding hydrogens is 314 g/mol. The van der Waals surface area contributed by atoms with Crippen molar-refractivity contribution in [3.05, 3.63) is 28.8 Å². The van der Waals surface area contributed by atoms with Gasteiger partial charge in [0.25, 0.3) is 0 Å². The zero-order chi connectivity index (χ0) is 15.6. The first-order valence-electron chi connectivity index (χ1n) is 6.80. The molecule has 2 rings (SSSR count). The zero-order valence-electron chi connectivity index (χ0n) is 11.7. The molecule has 1 aromatic carbocycles. The van der Waals surface area contributed by atoms with Gasteiger partial charge in [0, 0.05) is 0 Å². The fourth-order valence-electron chi connectivity index (χ4n) is 2.40. The second kappa shape index (κ2) is 6.34. The molecule has 7 heteroatoms. The smallest absolute Gasteiger partial charge is 0.339 e. The third kappa shape index (κ3) is 4.18. The van der Waals surface area contributed by atoms with Crippen molar-refractivity contribution in [2.75, 3.05) is 0 Å². The molecule has 0 saturated heterocycles. The monoisotopic (exact) mass is 331 g/mol. The Balaban J connectivity index is 2.15. The normalized spacial score (nSPS) is 22.8. The molecule has 21 heavy (non-hydrogen) atoms. The third-order valence-corrected chi connectivity index (χ3v) is 4.96. The van der Waals surface area contributed by atoms with E-state index in [1.54, 1.807) is 0 Å². The molecule has 0 aliphatic heterocycles. The van der Waals surface area contributed by atoms with E-state index in [2.05, 4.69) is 6.92 Å². The van der Waals surface area contributed by atoms with Crippen LogP contribution in [0.3, 0.4) is 0 Å². The number of sulfonamides is 1. The van der Waals surface area contributed by atoms with E-state index in [4.69, 9.17) is 21.5 Å². The third-order valence-electron chi connectivity index (χ3n) is 3.72. The van der Waals surface area contributed by atoms with Gasteiger partial charge in [0.15, 0.2) is 0 Å². The van der Waals surface area contributed by atoms with Crippen LogP contribution >= 0.6 is 11.6 Å². The second-order valence-electron chi connectivity index (χ2n) is 5.47. The van der Waals surface area contributed by atoms with Gasteiger partial charge in [0.05, 0.1) is 15.5 Å². The van der Waals surface area contributed by atoms with Crippen LogP contribution in [0.25, 0.3) is 0 Å². The van der Waals surface area contributed by atoms with Crippen LogP contribution in [-0.4, -0.2) is 20.5 Å². The molecular formula is C14H18ClNO4S. The molecule has 1 aliphatic rings. The summed E-state index contributed by atoms with van der Waals surface area (Å²) in [6.45, 7) is 2.17. The van der Waals surface area contributed by atoms with Crippen LogP contribution in [0, 0.1) is 5.92 Å². The van der Waals surface area contributed by atoms with Gasteiger partial charge in [-0.1, -0.05) is 18.5 Å². The second-order valence-corrected chi connectivity index (χ2v) is 7.44. The quantitative estimate of drug-likeness (QED) is 0.863. The molecule has 1 aliphatic carbocycles. The molecule has 0 spiro atoms. The Morgan fingerprint density at radius 3 is 2.48 bits per heavy atom. The number of hydrogen-bond acceptors (Lipinski definition) is 4. The number of carbonyl (C=O) groups is 1. The molecule has 2 N–H and O–H groups in total. The Kier molecular flexibility index (Phi) is 4.91. The van der Waals surface area contributed by atoms with Gasteiger partial charge < -0.3 is 4.74 Å². The number of benzene rings is 1. The maximum absolute atomic E-state index is 12.2. The number of halogens is 1. The summed E-state index contributed by atoms with van der Waals surface area (Å²) in [5.41, 5.74) is 0.0295. The highest BCUT2D eigenvalue weighted by atomic mass is 35.5. The van der Waals surface area contributed by atoms with E-state index >= 15 is 0 Å². The minimum atomic E-state index is -3.88. The SMILES string of the molecule is CC1CCC(OC(=O)c2cc(S(N)(=O)=O)ccc2Cl)CC1. The largest absolute Gasteiger partial charge is 0.459 e. The standard InChI is InChI=1S/C14H18ClNO4S/c1-9-2-4-10(5-3-9)20-14(17)12-8-11(21(16,18)19)6-7-13(12)15/h6-10H,2-5H2,1H3,(H2,16,18,19). The Labute approximate surface area is 129 Å². The highest BCUT2D eigenvalue weighted by Crippen LogP contribution is 2.27. The fraction of sp³-hybridized carbons (Fsp3) is 0.500. The summed E-state index contributed by atoms with van der Waals surface area (Å²) in [7, 11) is -3.88. The highest BCUT2D eigenvalue weighted by molar-refractivity contribution is 7.89. The predicted molar refractivity (Wildman–Crippen MR) is 79.7 cm³/mol. The summed E-state index contributed by atoms with van der Waals surface area (Å²) in [5, 5.41) is 5.20. The van der Waals surface area contributed by atoms with Crippen LogP contribution in [0.5, 0.6) is 0 Å². The summed E-state index contributed by atoms with van der Waals surface area (Å²) in [6, 6.07) is 3.75.